The van der Waals surface area contributed by atoms with E-state index in [0.29, 0.717) is 16.7 Å². The van der Waals surface area contributed by atoms with Crippen LogP contribution in [-0.4, -0.2) is 18.1 Å². The van der Waals surface area contributed by atoms with E-state index in [9.17, 15) is 4.79 Å². The molecule has 0 radical (unpaired) electrons. The lowest BCUT2D eigenvalue weighted by molar-refractivity contribution is 0.0606. The minimum absolute atomic E-state index is 0.360. The number of carbonyl (C=O) groups is 1. The van der Waals surface area contributed by atoms with Gasteiger partial charge in [0.15, 0.2) is 10.8 Å². The summed E-state index contributed by atoms with van der Waals surface area (Å²) >= 11 is 1.29. The number of rotatable bonds is 3. The molecule has 0 saturated heterocycles. The molecule has 2 aromatic rings. The molecular formula is C13H13NO3S. The highest BCUT2D eigenvalue weighted by Crippen LogP contribution is 2.48. The summed E-state index contributed by atoms with van der Waals surface area (Å²) in [6, 6.07) is 3.92. The van der Waals surface area contributed by atoms with Gasteiger partial charge in [-0.3, -0.25) is 0 Å². The normalized spacial score (nSPS) is 21.9. The number of nitrogens with zero attached hydrogens (tertiary/aromatic N) is 1. The van der Waals surface area contributed by atoms with E-state index in [2.05, 4.69) is 16.6 Å². The first-order chi connectivity index (χ1) is 8.69. The lowest BCUT2D eigenvalue weighted by Gasteiger charge is -1.92. The largest absolute Gasteiger partial charge is 0.465 e. The van der Waals surface area contributed by atoms with Crippen LogP contribution in [0.3, 0.4) is 0 Å². The van der Waals surface area contributed by atoms with Crippen molar-refractivity contribution in [3.8, 4) is 10.8 Å². The summed E-state index contributed by atoms with van der Waals surface area (Å²) in [4.78, 5) is 16.0. The Kier molecular flexibility index (Phi) is 2.70. The Morgan fingerprint density at radius 3 is 3.00 bits per heavy atom. The molecule has 1 aliphatic rings. The molecule has 2 unspecified atom stereocenters. The van der Waals surface area contributed by atoms with Gasteiger partial charge in [0.05, 0.1) is 13.3 Å². The summed E-state index contributed by atoms with van der Waals surface area (Å²) < 4.78 is 10.4. The van der Waals surface area contributed by atoms with Crippen LogP contribution in [-0.2, 0) is 4.74 Å². The zero-order chi connectivity index (χ0) is 12.7. The summed E-state index contributed by atoms with van der Waals surface area (Å²) in [5, 5.41) is 0.718. The fourth-order valence-electron chi connectivity index (χ4n) is 1.97. The van der Waals surface area contributed by atoms with Crippen molar-refractivity contribution >= 4 is 17.3 Å². The van der Waals surface area contributed by atoms with Crippen LogP contribution in [0.15, 0.2) is 22.7 Å². The van der Waals surface area contributed by atoms with Crippen LogP contribution in [0.25, 0.3) is 10.8 Å². The fourth-order valence-corrected chi connectivity index (χ4v) is 2.76. The van der Waals surface area contributed by atoms with E-state index in [0.717, 1.165) is 16.5 Å². The predicted molar refractivity (Wildman–Crippen MR) is 67.7 cm³/mol. The third-order valence-corrected chi connectivity index (χ3v) is 4.20. The molecule has 0 bridgehead atoms. The highest BCUT2D eigenvalue weighted by atomic mass is 32.1. The van der Waals surface area contributed by atoms with Crippen molar-refractivity contribution in [1.82, 2.24) is 4.98 Å². The SMILES string of the molecule is COC(=O)c1cnc(-c2ccc(C3CC3C)o2)s1. The molecule has 1 fully saturated rings. The van der Waals surface area contributed by atoms with Crippen LogP contribution in [0.1, 0.15) is 34.7 Å². The number of carbonyl (C=O) groups excluding carboxylic acids is 1. The average Bonchev–Trinajstić information content (AvgIpc) is 2.87. The molecule has 18 heavy (non-hydrogen) atoms. The van der Waals surface area contributed by atoms with Crippen molar-refractivity contribution < 1.29 is 13.9 Å². The molecule has 0 N–H and O–H groups in total. The highest BCUT2D eigenvalue weighted by Gasteiger charge is 2.36. The molecule has 3 rings (SSSR count). The zero-order valence-electron chi connectivity index (χ0n) is 10.2. The minimum atomic E-state index is -0.360. The van der Waals surface area contributed by atoms with Crippen molar-refractivity contribution in [1.29, 1.82) is 0 Å². The third kappa shape index (κ3) is 1.95. The van der Waals surface area contributed by atoms with Gasteiger partial charge in [0.1, 0.15) is 10.6 Å². The molecule has 2 atom stereocenters. The van der Waals surface area contributed by atoms with Crippen molar-refractivity contribution in [2.24, 2.45) is 5.92 Å². The molecule has 0 aliphatic heterocycles. The van der Waals surface area contributed by atoms with Gasteiger partial charge in [-0.15, -0.1) is 11.3 Å². The van der Waals surface area contributed by atoms with Gasteiger partial charge in [0.2, 0.25) is 0 Å². The Bertz CT molecular complexity index is 587. The lowest BCUT2D eigenvalue weighted by Crippen LogP contribution is -1.96. The Labute approximate surface area is 109 Å². The maximum atomic E-state index is 11.3. The summed E-state index contributed by atoms with van der Waals surface area (Å²) in [5.74, 6) is 2.66. The number of methoxy groups -OCH3 is 1. The van der Waals surface area contributed by atoms with Crippen molar-refractivity contribution in [3.63, 3.8) is 0 Å². The monoisotopic (exact) mass is 263 g/mol. The molecule has 1 saturated carbocycles. The average molecular weight is 263 g/mol. The smallest absolute Gasteiger partial charge is 0.349 e. The first kappa shape index (κ1) is 11.5. The number of hydrogen-bond donors (Lipinski definition) is 0. The van der Waals surface area contributed by atoms with Crippen LogP contribution >= 0.6 is 11.3 Å². The van der Waals surface area contributed by atoms with Crippen LogP contribution < -0.4 is 0 Å². The van der Waals surface area contributed by atoms with E-state index in [4.69, 9.17) is 4.42 Å². The van der Waals surface area contributed by atoms with Gasteiger partial charge in [0, 0.05) is 5.92 Å². The predicted octanol–water partition coefficient (Wildman–Crippen LogP) is 3.31. The van der Waals surface area contributed by atoms with Gasteiger partial charge in [0.25, 0.3) is 0 Å². The summed E-state index contributed by atoms with van der Waals surface area (Å²) in [6.45, 7) is 2.21. The number of ether oxygens (including phenoxy) is 1. The maximum Gasteiger partial charge on any atom is 0.349 e. The number of hydrogen-bond acceptors (Lipinski definition) is 5. The summed E-state index contributed by atoms with van der Waals surface area (Å²) in [5.41, 5.74) is 0. The van der Waals surface area contributed by atoms with Gasteiger partial charge in [-0.2, -0.15) is 0 Å². The number of furan rings is 1. The number of esters is 1. The number of thiazole rings is 1. The van der Waals surface area contributed by atoms with Gasteiger partial charge < -0.3 is 9.15 Å². The summed E-state index contributed by atoms with van der Waals surface area (Å²) in [6.07, 6.45) is 2.71. The fraction of sp³-hybridized carbons (Fsp3) is 0.385. The molecule has 0 aromatic carbocycles. The van der Waals surface area contributed by atoms with Crippen molar-refractivity contribution in [2.45, 2.75) is 19.3 Å². The molecule has 4 nitrogen and oxygen atoms in total. The zero-order valence-corrected chi connectivity index (χ0v) is 11.0. The quantitative estimate of drug-likeness (QED) is 0.797. The first-order valence-electron chi connectivity index (χ1n) is 5.83. The topological polar surface area (TPSA) is 52.3 Å². The minimum Gasteiger partial charge on any atom is -0.465 e. The Morgan fingerprint density at radius 2 is 2.33 bits per heavy atom. The van der Waals surface area contributed by atoms with Crippen molar-refractivity contribution in [3.05, 3.63) is 29.0 Å². The van der Waals surface area contributed by atoms with E-state index in [1.165, 1.54) is 31.1 Å². The highest BCUT2D eigenvalue weighted by molar-refractivity contribution is 7.16. The van der Waals surface area contributed by atoms with Gasteiger partial charge in [-0.1, -0.05) is 6.92 Å². The van der Waals surface area contributed by atoms with Gasteiger partial charge in [-0.25, -0.2) is 9.78 Å². The second-order valence-electron chi connectivity index (χ2n) is 4.54. The molecule has 0 spiro atoms. The number of aromatic nitrogens is 1. The van der Waals surface area contributed by atoms with E-state index in [1.807, 2.05) is 12.1 Å². The molecular weight excluding hydrogens is 250 g/mol. The molecule has 2 heterocycles. The van der Waals surface area contributed by atoms with Crippen LogP contribution in [0, 0.1) is 5.92 Å². The Balaban J connectivity index is 1.84. The molecule has 5 heteroatoms. The lowest BCUT2D eigenvalue weighted by atomic mass is 10.3. The van der Waals surface area contributed by atoms with Crippen LogP contribution in [0.4, 0.5) is 0 Å². The van der Waals surface area contributed by atoms with Crippen molar-refractivity contribution in [2.75, 3.05) is 7.11 Å². The van der Waals surface area contributed by atoms with Gasteiger partial charge >= 0.3 is 5.97 Å². The maximum absolute atomic E-state index is 11.3. The van der Waals surface area contributed by atoms with E-state index in [1.54, 1.807) is 0 Å². The molecule has 1 aliphatic carbocycles. The molecule has 0 amide bonds. The molecule has 2 aromatic heterocycles. The first-order valence-corrected chi connectivity index (χ1v) is 6.65. The second-order valence-corrected chi connectivity index (χ2v) is 5.57. The third-order valence-electron chi connectivity index (χ3n) is 3.20. The molecule has 94 valence electrons. The van der Waals surface area contributed by atoms with Crippen LogP contribution in [0.5, 0.6) is 0 Å². The Hall–Kier alpha value is -1.62. The van der Waals surface area contributed by atoms with Gasteiger partial charge in [-0.05, 0) is 24.5 Å². The summed E-state index contributed by atoms with van der Waals surface area (Å²) in [7, 11) is 1.36. The van der Waals surface area contributed by atoms with E-state index < -0.39 is 0 Å². The van der Waals surface area contributed by atoms with Crippen LogP contribution in [0.2, 0.25) is 0 Å². The van der Waals surface area contributed by atoms with E-state index >= 15 is 0 Å². The van der Waals surface area contributed by atoms with E-state index in [-0.39, 0.29) is 5.97 Å². The standard InChI is InChI=1S/C13H13NO3S/c1-7-5-8(7)9-3-4-10(17-9)12-14-6-11(18-12)13(15)16-2/h3-4,6-8H,5H2,1-2H3. The Morgan fingerprint density at radius 1 is 1.56 bits per heavy atom. The second kappa shape index (κ2) is 4.24.